The van der Waals surface area contributed by atoms with E-state index >= 15 is 4.39 Å². The second-order valence-electron chi connectivity index (χ2n) is 10.5. The van der Waals surface area contributed by atoms with E-state index in [1.54, 1.807) is 6.07 Å². The van der Waals surface area contributed by atoms with Crippen molar-refractivity contribution in [2.45, 2.75) is 89.9 Å². The smallest absolute Gasteiger partial charge is 0.330 e. The second-order valence-corrected chi connectivity index (χ2v) is 10.5. The lowest BCUT2D eigenvalue weighted by molar-refractivity contribution is -0.137. The molecule has 0 amide bonds. The molecule has 38 heavy (non-hydrogen) atoms. The van der Waals surface area contributed by atoms with Gasteiger partial charge in [-0.25, -0.2) is 9.18 Å². The first kappa shape index (κ1) is 29.6. The average molecular weight is 522 g/mol. The summed E-state index contributed by atoms with van der Waals surface area (Å²) in [5.74, 6) is 1.35. The number of hydrogen-bond donors (Lipinski definition) is 1. The fraction of sp³-hybridized carbons (Fsp3) is 0.515. The van der Waals surface area contributed by atoms with Crippen molar-refractivity contribution in [2.24, 2.45) is 5.92 Å². The number of nitrogens with one attached hydrogen (secondary N) is 1. The zero-order chi connectivity index (χ0) is 27.2. The van der Waals surface area contributed by atoms with E-state index in [0.717, 1.165) is 55.6 Å². The Morgan fingerprint density at radius 1 is 1.00 bits per heavy atom. The molecule has 206 valence electrons. The van der Waals surface area contributed by atoms with Gasteiger partial charge in [0.15, 0.2) is 0 Å². The van der Waals surface area contributed by atoms with Crippen LogP contribution in [0.15, 0.2) is 49.1 Å². The molecule has 2 aromatic rings. The summed E-state index contributed by atoms with van der Waals surface area (Å²) < 4.78 is 26.1. The van der Waals surface area contributed by atoms with E-state index in [1.807, 2.05) is 24.3 Å². The van der Waals surface area contributed by atoms with Crippen LogP contribution in [0.5, 0.6) is 5.75 Å². The van der Waals surface area contributed by atoms with Crippen molar-refractivity contribution in [2.75, 3.05) is 13.2 Å². The standard InChI is InChI=1S/C33H44FNO3/c1-3-5-8-11-25-12-14-26(15-13-25)27-16-18-30(31(34)23-27)28-17-19-32(29(22-28)24-35)37-20-9-6-7-10-21-38-33(36)4-2/h4,16-19,22-26,35H,2-3,5-15,20-21H2,1H3. The van der Waals surface area contributed by atoms with Crippen LogP contribution in [-0.4, -0.2) is 25.4 Å². The van der Waals surface area contributed by atoms with E-state index in [9.17, 15) is 4.79 Å². The summed E-state index contributed by atoms with van der Waals surface area (Å²) in [5, 5.41) is 7.83. The first-order valence-electron chi connectivity index (χ1n) is 14.4. The van der Waals surface area contributed by atoms with Gasteiger partial charge in [-0.05, 0) is 92.5 Å². The summed E-state index contributed by atoms with van der Waals surface area (Å²) >= 11 is 0. The normalized spacial score (nSPS) is 17.1. The Balaban J connectivity index is 1.49. The van der Waals surface area contributed by atoms with Gasteiger partial charge in [0.05, 0.1) is 13.2 Å². The molecule has 5 heteroatoms. The lowest BCUT2D eigenvalue weighted by Crippen LogP contribution is -2.13. The van der Waals surface area contributed by atoms with Gasteiger partial charge in [-0.2, -0.15) is 0 Å². The molecular formula is C33H44FNO3. The van der Waals surface area contributed by atoms with Gasteiger partial charge in [0.2, 0.25) is 0 Å². The molecule has 1 aliphatic rings. The number of carbonyl (C=O) groups is 1. The minimum atomic E-state index is -0.387. The highest BCUT2D eigenvalue weighted by Crippen LogP contribution is 2.39. The molecule has 2 aromatic carbocycles. The average Bonchev–Trinajstić information content (AvgIpc) is 2.94. The molecular weight excluding hydrogens is 477 g/mol. The number of unbranched alkanes of at least 4 members (excludes halogenated alkanes) is 5. The minimum Gasteiger partial charge on any atom is -0.493 e. The third-order valence-electron chi connectivity index (χ3n) is 7.71. The van der Waals surface area contributed by atoms with Gasteiger partial charge >= 0.3 is 5.97 Å². The molecule has 0 aromatic heterocycles. The van der Waals surface area contributed by atoms with E-state index < -0.39 is 0 Å². The van der Waals surface area contributed by atoms with E-state index in [0.29, 0.717) is 36.0 Å². The van der Waals surface area contributed by atoms with Gasteiger partial charge in [-0.15, -0.1) is 0 Å². The van der Waals surface area contributed by atoms with Crippen LogP contribution < -0.4 is 4.74 Å². The number of carbonyl (C=O) groups excluding carboxylic acids is 1. The first-order chi connectivity index (χ1) is 18.5. The highest BCUT2D eigenvalue weighted by atomic mass is 19.1. The summed E-state index contributed by atoms with van der Waals surface area (Å²) in [4.78, 5) is 11.0. The summed E-state index contributed by atoms with van der Waals surface area (Å²) in [6, 6.07) is 11.2. The fourth-order valence-corrected chi connectivity index (χ4v) is 5.42. The zero-order valence-electron chi connectivity index (χ0n) is 23.0. The van der Waals surface area contributed by atoms with E-state index in [-0.39, 0.29) is 11.8 Å². The van der Waals surface area contributed by atoms with Gasteiger partial charge in [0.1, 0.15) is 11.6 Å². The molecule has 0 spiro atoms. The lowest BCUT2D eigenvalue weighted by atomic mass is 9.77. The number of halogens is 1. The van der Waals surface area contributed by atoms with Gasteiger partial charge in [0, 0.05) is 23.4 Å². The molecule has 1 aliphatic carbocycles. The molecule has 1 fully saturated rings. The Bertz CT molecular complexity index is 1040. The predicted octanol–water partition coefficient (Wildman–Crippen LogP) is 9.01. The Morgan fingerprint density at radius 2 is 1.76 bits per heavy atom. The van der Waals surface area contributed by atoms with Crippen LogP contribution >= 0.6 is 0 Å². The van der Waals surface area contributed by atoms with Crippen molar-refractivity contribution in [1.82, 2.24) is 0 Å². The highest BCUT2D eigenvalue weighted by Gasteiger charge is 2.23. The maximum atomic E-state index is 15.2. The summed E-state index contributed by atoms with van der Waals surface area (Å²) in [7, 11) is 0. The van der Waals surface area contributed by atoms with Crippen LogP contribution in [0.3, 0.4) is 0 Å². The molecule has 0 bridgehead atoms. The predicted molar refractivity (Wildman–Crippen MR) is 154 cm³/mol. The topological polar surface area (TPSA) is 59.4 Å². The Labute approximate surface area is 228 Å². The van der Waals surface area contributed by atoms with E-state index in [1.165, 1.54) is 50.8 Å². The molecule has 0 heterocycles. The maximum absolute atomic E-state index is 15.2. The van der Waals surface area contributed by atoms with Gasteiger partial charge in [0.25, 0.3) is 0 Å². The first-order valence-corrected chi connectivity index (χ1v) is 14.4. The molecule has 0 radical (unpaired) electrons. The van der Waals surface area contributed by atoms with Crippen molar-refractivity contribution >= 4 is 12.2 Å². The third-order valence-corrected chi connectivity index (χ3v) is 7.71. The maximum Gasteiger partial charge on any atom is 0.330 e. The quantitative estimate of drug-likeness (QED) is 0.104. The molecule has 0 aliphatic heterocycles. The van der Waals surface area contributed by atoms with Crippen molar-refractivity contribution < 1.29 is 18.7 Å². The van der Waals surface area contributed by atoms with E-state index in [4.69, 9.17) is 14.9 Å². The summed E-state index contributed by atoms with van der Waals surface area (Å²) in [5.41, 5.74) is 3.08. The molecule has 0 saturated heterocycles. The second kappa shape index (κ2) is 16.1. The largest absolute Gasteiger partial charge is 0.493 e. The molecule has 1 N–H and O–H groups in total. The third kappa shape index (κ3) is 9.11. The zero-order valence-corrected chi connectivity index (χ0v) is 23.0. The van der Waals surface area contributed by atoms with Crippen LogP contribution in [0.25, 0.3) is 11.1 Å². The van der Waals surface area contributed by atoms with Crippen LogP contribution in [0, 0.1) is 17.1 Å². The Kier molecular flexibility index (Phi) is 12.5. The summed E-state index contributed by atoms with van der Waals surface area (Å²) in [6.07, 6.45) is 16.1. The number of rotatable bonds is 16. The molecule has 1 saturated carbocycles. The van der Waals surface area contributed by atoms with Gasteiger partial charge in [-0.3, -0.25) is 0 Å². The SMILES string of the molecule is C=CC(=O)OCCCCCCOc1ccc(-c2ccc(C3CCC(CCCCC)CC3)cc2F)cc1C=N. The van der Waals surface area contributed by atoms with Crippen LogP contribution in [0.4, 0.5) is 4.39 Å². The van der Waals surface area contributed by atoms with Crippen LogP contribution in [0.1, 0.15) is 101 Å². The summed E-state index contributed by atoms with van der Waals surface area (Å²) in [6.45, 7) is 6.57. The molecule has 0 atom stereocenters. The number of hydrogen-bond acceptors (Lipinski definition) is 4. The Morgan fingerprint density at radius 3 is 2.45 bits per heavy atom. The minimum absolute atomic E-state index is 0.198. The van der Waals surface area contributed by atoms with Crippen molar-refractivity contribution in [1.29, 1.82) is 5.41 Å². The lowest BCUT2D eigenvalue weighted by Gasteiger charge is -2.29. The van der Waals surface area contributed by atoms with E-state index in [2.05, 4.69) is 19.6 Å². The molecule has 4 nitrogen and oxygen atoms in total. The van der Waals surface area contributed by atoms with Gasteiger partial charge < -0.3 is 14.9 Å². The molecule has 3 rings (SSSR count). The monoisotopic (exact) mass is 521 g/mol. The molecule has 0 unspecified atom stereocenters. The van der Waals surface area contributed by atoms with Crippen molar-refractivity contribution in [3.8, 4) is 16.9 Å². The highest BCUT2D eigenvalue weighted by molar-refractivity contribution is 5.84. The number of ether oxygens (including phenoxy) is 2. The number of esters is 1. The van der Waals surface area contributed by atoms with Gasteiger partial charge in [-0.1, -0.05) is 57.4 Å². The van der Waals surface area contributed by atoms with Crippen LogP contribution in [0.2, 0.25) is 0 Å². The van der Waals surface area contributed by atoms with Crippen molar-refractivity contribution in [3.63, 3.8) is 0 Å². The van der Waals surface area contributed by atoms with Crippen LogP contribution in [-0.2, 0) is 9.53 Å². The van der Waals surface area contributed by atoms with Crippen molar-refractivity contribution in [3.05, 3.63) is 66.0 Å². The fourth-order valence-electron chi connectivity index (χ4n) is 5.42. The Hall–Kier alpha value is -2.95. The number of benzene rings is 2.